The molecule has 0 radical (unpaired) electrons. The van der Waals surface area contributed by atoms with Crippen LogP contribution in [0.5, 0.6) is 0 Å². The molecule has 0 aromatic carbocycles. The molecule has 2 rings (SSSR count). The van der Waals surface area contributed by atoms with Crippen molar-refractivity contribution >= 4 is 12.4 Å². The summed E-state index contributed by atoms with van der Waals surface area (Å²) in [6, 6.07) is 0. The minimum absolute atomic E-state index is 0. The molecule has 0 bridgehead atoms. The maximum Gasteiger partial charge on any atom is 0.00107 e. The summed E-state index contributed by atoms with van der Waals surface area (Å²) in [5, 5.41) is 3.46. The zero-order valence-corrected chi connectivity index (χ0v) is 12.1. The van der Waals surface area contributed by atoms with E-state index in [1.807, 2.05) is 0 Å². The molecule has 102 valence electrons. The van der Waals surface area contributed by atoms with Crippen molar-refractivity contribution in [3.63, 3.8) is 0 Å². The summed E-state index contributed by atoms with van der Waals surface area (Å²) in [6.45, 7) is 8.95. The van der Waals surface area contributed by atoms with Gasteiger partial charge >= 0.3 is 0 Å². The fraction of sp³-hybridized carbons (Fsp3) is 1.00. The Labute approximate surface area is 113 Å². The SMILES string of the molecule is CCCC1CCCN(CC2CCNCC2)C1.Cl. The third-order valence-corrected chi connectivity index (χ3v) is 4.28. The summed E-state index contributed by atoms with van der Waals surface area (Å²) in [7, 11) is 0. The molecular weight excluding hydrogens is 232 g/mol. The lowest BCUT2D eigenvalue weighted by atomic mass is 9.91. The van der Waals surface area contributed by atoms with E-state index in [-0.39, 0.29) is 12.4 Å². The Morgan fingerprint density at radius 2 is 1.88 bits per heavy atom. The summed E-state index contributed by atoms with van der Waals surface area (Å²) >= 11 is 0. The van der Waals surface area contributed by atoms with Crippen molar-refractivity contribution in [3.8, 4) is 0 Å². The molecule has 0 aromatic rings. The van der Waals surface area contributed by atoms with Crippen molar-refractivity contribution in [3.05, 3.63) is 0 Å². The Balaban J connectivity index is 0.00000144. The Morgan fingerprint density at radius 1 is 1.12 bits per heavy atom. The highest BCUT2D eigenvalue weighted by molar-refractivity contribution is 5.85. The number of hydrogen-bond acceptors (Lipinski definition) is 2. The molecule has 0 spiro atoms. The third-order valence-electron chi connectivity index (χ3n) is 4.28. The summed E-state index contributed by atoms with van der Waals surface area (Å²) in [5.74, 6) is 1.97. The predicted octanol–water partition coefficient (Wildman–Crippen LogP) is 2.92. The minimum Gasteiger partial charge on any atom is -0.317 e. The fourth-order valence-electron chi connectivity index (χ4n) is 3.39. The van der Waals surface area contributed by atoms with Gasteiger partial charge in [-0.05, 0) is 63.6 Å². The van der Waals surface area contributed by atoms with Gasteiger partial charge in [-0.15, -0.1) is 12.4 Å². The van der Waals surface area contributed by atoms with E-state index in [1.165, 1.54) is 71.2 Å². The first-order valence-electron chi connectivity index (χ1n) is 7.31. The van der Waals surface area contributed by atoms with Gasteiger partial charge in [-0.3, -0.25) is 0 Å². The second kappa shape index (κ2) is 8.34. The molecule has 0 aromatic heterocycles. The van der Waals surface area contributed by atoms with E-state index in [0.717, 1.165) is 11.8 Å². The van der Waals surface area contributed by atoms with Crippen LogP contribution in [-0.4, -0.2) is 37.6 Å². The zero-order valence-electron chi connectivity index (χ0n) is 11.3. The largest absolute Gasteiger partial charge is 0.317 e. The first-order chi connectivity index (χ1) is 7.88. The van der Waals surface area contributed by atoms with Crippen molar-refractivity contribution in [2.24, 2.45) is 11.8 Å². The van der Waals surface area contributed by atoms with Gasteiger partial charge in [0.1, 0.15) is 0 Å². The quantitative estimate of drug-likeness (QED) is 0.836. The van der Waals surface area contributed by atoms with E-state index in [9.17, 15) is 0 Å². The van der Waals surface area contributed by atoms with Crippen molar-refractivity contribution in [1.82, 2.24) is 10.2 Å². The number of halogens is 1. The summed E-state index contributed by atoms with van der Waals surface area (Å²) in [5.41, 5.74) is 0. The van der Waals surface area contributed by atoms with Crippen LogP contribution in [0, 0.1) is 11.8 Å². The molecule has 2 nitrogen and oxygen atoms in total. The third kappa shape index (κ3) is 5.15. The van der Waals surface area contributed by atoms with Gasteiger partial charge in [-0.2, -0.15) is 0 Å². The van der Waals surface area contributed by atoms with E-state index in [1.54, 1.807) is 0 Å². The highest BCUT2D eigenvalue weighted by atomic mass is 35.5. The fourth-order valence-corrected chi connectivity index (χ4v) is 3.39. The van der Waals surface area contributed by atoms with Crippen LogP contribution in [0.1, 0.15) is 45.4 Å². The average molecular weight is 261 g/mol. The molecule has 2 aliphatic heterocycles. The number of likely N-dealkylation sites (tertiary alicyclic amines) is 1. The summed E-state index contributed by atoms with van der Waals surface area (Å²) in [6.07, 6.45) is 8.53. The number of nitrogens with one attached hydrogen (secondary N) is 1. The average Bonchev–Trinajstić information content (AvgIpc) is 2.31. The molecular formula is C14H29ClN2. The Morgan fingerprint density at radius 3 is 2.59 bits per heavy atom. The molecule has 0 amide bonds. The molecule has 0 saturated carbocycles. The molecule has 0 aliphatic carbocycles. The van der Waals surface area contributed by atoms with E-state index in [0.29, 0.717) is 0 Å². The van der Waals surface area contributed by atoms with Crippen LogP contribution < -0.4 is 5.32 Å². The second-order valence-corrected chi connectivity index (χ2v) is 5.75. The lowest BCUT2D eigenvalue weighted by Crippen LogP contribution is -2.41. The predicted molar refractivity (Wildman–Crippen MR) is 76.9 cm³/mol. The number of rotatable bonds is 4. The van der Waals surface area contributed by atoms with Gasteiger partial charge in [0.25, 0.3) is 0 Å². The van der Waals surface area contributed by atoms with Crippen molar-refractivity contribution < 1.29 is 0 Å². The highest BCUT2D eigenvalue weighted by Crippen LogP contribution is 2.23. The van der Waals surface area contributed by atoms with Crippen LogP contribution in [0.4, 0.5) is 0 Å². The Bertz CT molecular complexity index is 191. The summed E-state index contributed by atoms with van der Waals surface area (Å²) in [4.78, 5) is 2.75. The lowest BCUT2D eigenvalue weighted by Gasteiger charge is -2.36. The molecule has 1 unspecified atom stereocenters. The van der Waals surface area contributed by atoms with Crippen molar-refractivity contribution in [1.29, 1.82) is 0 Å². The Hall–Kier alpha value is 0.210. The van der Waals surface area contributed by atoms with Crippen LogP contribution >= 0.6 is 12.4 Å². The smallest absolute Gasteiger partial charge is 0.00107 e. The van der Waals surface area contributed by atoms with Crippen molar-refractivity contribution in [2.75, 3.05) is 32.7 Å². The van der Waals surface area contributed by atoms with Gasteiger partial charge < -0.3 is 10.2 Å². The molecule has 2 fully saturated rings. The van der Waals surface area contributed by atoms with Crippen LogP contribution in [0.3, 0.4) is 0 Å². The molecule has 1 N–H and O–H groups in total. The lowest BCUT2D eigenvalue weighted by molar-refractivity contribution is 0.135. The number of hydrogen-bond donors (Lipinski definition) is 1. The first-order valence-corrected chi connectivity index (χ1v) is 7.31. The normalized spacial score (nSPS) is 27.7. The molecule has 1 atom stereocenters. The van der Waals surface area contributed by atoms with Gasteiger partial charge in [-0.1, -0.05) is 13.3 Å². The second-order valence-electron chi connectivity index (χ2n) is 5.75. The van der Waals surface area contributed by atoms with Crippen LogP contribution in [-0.2, 0) is 0 Å². The van der Waals surface area contributed by atoms with E-state index >= 15 is 0 Å². The van der Waals surface area contributed by atoms with Gasteiger partial charge in [0.05, 0.1) is 0 Å². The minimum atomic E-state index is 0. The van der Waals surface area contributed by atoms with E-state index in [4.69, 9.17) is 0 Å². The van der Waals surface area contributed by atoms with Gasteiger partial charge in [0, 0.05) is 13.1 Å². The molecule has 2 aliphatic rings. The molecule has 2 saturated heterocycles. The van der Waals surface area contributed by atoms with Gasteiger partial charge in [0.2, 0.25) is 0 Å². The first kappa shape index (κ1) is 15.3. The van der Waals surface area contributed by atoms with Gasteiger partial charge in [-0.25, -0.2) is 0 Å². The Kier molecular flexibility index (Phi) is 7.49. The number of nitrogens with zero attached hydrogens (tertiary/aromatic N) is 1. The van der Waals surface area contributed by atoms with Crippen LogP contribution in [0.25, 0.3) is 0 Å². The van der Waals surface area contributed by atoms with Gasteiger partial charge in [0.15, 0.2) is 0 Å². The standard InChI is InChI=1S/C14H28N2.ClH/c1-2-4-13-5-3-10-16(11-13)12-14-6-8-15-9-7-14;/h13-15H,2-12H2,1H3;1H. The van der Waals surface area contributed by atoms with Crippen LogP contribution in [0.2, 0.25) is 0 Å². The highest BCUT2D eigenvalue weighted by Gasteiger charge is 2.22. The van der Waals surface area contributed by atoms with Crippen molar-refractivity contribution in [2.45, 2.75) is 45.4 Å². The van der Waals surface area contributed by atoms with Crippen LogP contribution in [0.15, 0.2) is 0 Å². The maximum absolute atomic E-state index is 3.46. The maximum atomic E-state index is 3.46. The molecule has 2 heterocycles. The number of piperidine rings is 2. The molecule has 3 heteroatoms. The topological polar surface area (TPSA) is 15.3 Å². The monoisotopic (exact) mass is 260 g/mol. The van der Waals surface area contributed by atoms with E-state index < -0.39 is 0 Å². The zero-order chi connectivity index (χ0) is 11.2. The van der Waals surface area contributed by atoms with E-state index in [2.05, 4.69) is 17.1 Å². The summed E-state index contributed by atoms with van der Waals surface area (Å²) < 4.78 is 0. The molecule has 17 heavy (non-hydrogen) atoms.